The average molecular weight is 382 g/mol. The molecule has 0 aromatic heterocycles. The number of nitrogens with one attached hydrogen (secondary N) is 2. The Kier molecular flexibility index (Phi) is 9.41. The van der Waals surface area contributed by atoms with Crippen molar-refractivity contribution in [2.24, 2.45) is 0 Å². The van der Waals surface area contributed by atoms with Crippen molar-refractivity contribution < 1.29 is 29.7 Å². The molecule has 144 valence electrons. The van der Waals surface area contributed by atoms with Crippen LogP contribution in [0.25, 0.3) is 0 Å². The van der Waals surface area contributed by atoms with Gasteiger partial charge in [-0.15, -0.1) is 0 Å². The molecule has 0 aliphatic rings. The molecule has 2 aromatic rings. The average Bonchev–Trinajstić information content (AvgIpc) is 2.69. The number of hydrogen-bond donors (Lipinski definition) is 6. The molecule has 0 saturated heterocycles. The van der Waals surface area contributed by atoms with E-state index >= 15 is 0 Å². The summed E-state index contributed by atoms with van der Waals surface area (Å²) >= 11 is 0. The molecule has 0 bridgehead atoms. The summed E-state index contributed by atoms with van der Waals surface area (Å²) in [5.74, 6) is -0.694. The summed E-state index contributed by atoms with van der Waals surface area (Å²) in [5, 5.41) is 40.5. The third kappa shape index (κ3) is 7.60. The van der Waals surface area contributed by atoms with Gasteiger partial charge in [0.25, 0.3) is 0 Å². The van der Waals surface area contributed by atoms with Gasteiger partial charge in [0.05, 0.1) is 0 Å². The summed E-state index contributed by atoms with van der Waals surface area (Å²) in [6, 6.07) is 12.6. The SMILES string of the molecule is C=CC(=O)Nc1ccc(B(O)O)cc1.C=CC(=O)Nc1ccccc1B(O)O. The number of carbonyl (C=O) groups excluding carboxylic acids is 2. The van der Waals surface area contributed by atoms with Gasteiger partial charge in [-0.25, -0.2) is 0 Å². The summed E-state index contributed by atoms with van der Waals surface area (Å²) in [5.41, 5.74) is 1.58. The molecule has 0 atom stereocenters. The molecule has 0 aliphatic carbocycles. The second kappa shape index (κ2) is 11.5. The molecule has 8 nitrogen and oxygen atoms in total. The van der Waals surface area contributed by atoms with Gasteiger partial charge in [-0.2, -0.15) is 0 Å². The molecule has 6 N–H and O–H groups in total. The van der Waals surface area contributed by atoms with Gasteiger partial charge in [-0.3, -0.25) is 9.59 Å². The highest BCUT2D eigenvalue weighted by Crippen LogP contribution is 2.04. The van der Waals surface area contributed by atoms with E-state index in [2.05, 4.69) is 23.8 Å². The van der Waals surface area contributed by atoms with Crippen molar-refractivity contribution in [2.75, 3.05) is 10.6 Å². The van der Waals surface area contributed by atoms with Crippen LogP contribution in [0.5, 0.6) is 0 Å². The van der Waals surface area contributed by atoms with Gasteiger partial charge in [-0.1, -0.05) is 43.5 Å². The molecule has 0 fully saturated rings. The third-order valence-corrected chi connectivity index (χ3v) is 3.34. The molecule has 0 heterocycles. The normalized spacial score (nSPS) is 9.29. The predicted octanol–water partition coefficient (Wildman–Crippen LogP) is -1.02. The fraction of sp³-hybridized carbons (Fsp3) is 0. The highest BCUT2D eigenvalue weighted by molar-refractivity contribution is 6.60. The molecule has 0 unspecified atom stereocenters. The molecule has 0 radical (unpaired) electrons. The Labute approximate surface area is 163 Å². The zero-order chi connectivity index (χ0) is 21.1. The number of benzene rings is 2. The zero-order valence-electron chi connectivity index (χ0n) is 14.9. The fourth-order valence-corrected chi connectivity index (χ4v) is 1.95. The van der Waals surface area contributed by atoms with Gasteiger partial charge < -0.3 is 30.7 Å². The van der Waals surface area contributed by atoms with Gasteiger partial charge in [0.1, 0.15) is 0 Å². The Bertz CT molecular complexity index is 825. The van der Waals surface area contributed by atoms with Crippen LogP contribution >= 0.6 is 0 Å². The summed E-state index contributed by atoms with van der Waals surface area (Å²) in [4.78, 5) is 21.8. The third-order valence-electron chi connectivity index (χ3n) is 3.34. The van der Waals surface area contributed by atoms with E-state index in [-0.39, 0.29) is 11.4 Å². The van der Waals surface area contributed by atoms with E-state index in [1.54, 1.807) is 30.3 Å². The van der Waals surface area contributed by atoms with Crippen molar-refractivity contribution in [2.45, 2.75) is 0 Å². The van der Waals surface area contributed by atoms with Crippen LogP contribution in [0.4, 0.5) is 11.4 Å². The number of anilines is 2. The van der Waals surface area contributed by atoms with Gasteiger partial charge >= 0.3 is 14.2 Å². The van der Waals surface area contributed by atoms with Crippen LogP contribution in [0.3, 0.4) is 0 Å². The van der Waals surface area contributed by atoms with Crippen LogP contribution in [0.2, 0.25) is 0 Å². The van der Waals surface area contributed by atoms with E-state index in [1.807, 2.05) is 0 Å². The van der Waals surface area contributed by atoms with Crippen LogP contribution < -0.4 is 21.6 Å². The first-order valence-corrected chi connectivity index (χ1v) is 8.06. The fourth-order valence-electron chi connectivity index (χ4n) is 1.95. The van der Waals surface area contributed by atoms with Crippen LogP contribution in [-0.2, 0) is 9.59 Å². The van der Waals surface area contributed by atoms with E-state index < -0.39 is 20.1 Å². The Balaban J connectivity index is 0.000000280. The molecule has 0 saturated carbocycles. The lowest BCUT2D eigenvalue weighted by Crippen LogP contribution is -2.33. The second-order valence-corrected chi connectivity index (χ2v) is 5.34. The lowest BCUT2D eigenvalue weighted by atomic mass is 9.79. The molecule has 10 heteroatoms. The van der Waals surface area contributed by atoms with E-state index in [4.69, 9.17) is 20.1 Å². The van der Waals surface area contributed by atoms with E-state index in [0.717, 1.165) is 12.2 Å². The Morgan fingerprint density at radius 3 is 1.82 bits per heavy atom. The van der Waals surface area contributed by atoms with E-state index in [9.17, 15) is 9.59 Å². The molecular formula is C18H20B2N2O6. The smallest absolute Gasteiger partial charge is 0.423 e. The quantitative estimate of drug-likeness (QED) is 0.280. The van der Waals surface area contributed by atoms with Crippen molar-refractivity contribution in [3.63, 3.8) is 0 Å². The molecule has 0 spiro atoms. The maximum Gasteiger partial charge on any atom is 0.490 e. The molecular weight excluding hydrogens is 362 g/mol. The first kappa shape index (κ1) is 22.9. The van der Waals surface area contributed by atoms with Crippen molar-refractivity contribution in [1.29, 1.82) is 0 Å². The van der Waals surface area contributed by atoms with Crippen molar-refractivity contribution >= 4 is 48.4 Å². The summed E-state index contributed by atoms with van der Waals surface area (Å²) in [7, 11) is -3.09. The monoisotopic (exact) mass is 382 g/mol. The van der Waals surface area contributed by atoms with Crippen LogP contribution in [0, 0.1) is 0 Å². The Hall–Kier alpha value is -3.17. The molecule has 2 rings (SSSR count). The molecule has 28 heavy (non-hydrogen) atoms. The van der Waals surface area contributed by atoms with Crippen LogP contribution in [0.15, 0.2) is 73.8 Å². The molecule has 0 aliphatic heterocycles. The maximum atomic E-state index is 11.0. The van der Waals surface area contributed by atoms with Gasteiger partial charge in [0, 0.05) is 16.8 Å². The number of hydrogen-bond acceptors (Lipinski definition) is 6. The second-order valence-electron chi connectivity index (χ2n) is 5.34. The number of rotatable bonds is 6. The number of amides is 2. The standard InChI is InChI=1S/2C9H10BNO3/c1-2-9(12)11-8-5-3-7(4-6-8)10(13)14;1-2-9(12)11-8-6-4-3-5-7(8)10(13)14/h2*2-6,13-14H,1H2,(H,11,12). The summed E-state index contributed by atoms with van der Waals surface area (Å²) in [6.45, 7) is 6.60. The molecule has 2 aromatic carbocycles. The summed E-state index contributed by atoms with van der Waals surface area (Å²) in [6.07, 6.45) is 2.27. The number of carbonyl (C=O) groups is 2. The topological polar surface area (TPSA) is 139 Å². The lowest BCUT2D eigenvalue weighted by molar-refractivity contribution is -0.112. The minimum absolute atomic E-state index is 0.253. The highest BCUT2D eigenvalue weighted by Gasteiger charge is 2.15. The zero-order valence-corrected chi connectivity index (χ0v) is 14.9. The Morgan fingerprint density at radius 1 is 0.786 bits per heavy atom. The minimum Gasteiger partial charge on any atom is -0.423 e. The van der Waals surface area contributed by atoms with Gasteiger partial charge in [-0.05, 0) is 35.8 Å². The first-order chi connectivity index (χ1) is 13.3. The summed E-state index contributed by atoms with van der Waals surface area (Å²) < 4.78 is 0. The lowest BCUT2D eigenvalue weighted by Gasteiger charge is -2.08. The van der Waals surface area contributed by atoms with Crippen molar-refractivity contribution in [1.82, 2.24) is 0 Å². The van der Waals surface area contributed by atoms with Gasteiger partial charge in [0.15, 0.2) is 0 Å². The first-order valence-electron chi connectivity index (χ1n) is 8.06. The largest absolute Gasteiger partial charge is 0.490 e. The van der Waals surface area contributed by atoms with E-state index in [0.29, 0.717) is 16.8 Å². The van der Waals surface area contributed by atoms with Crippen molar-refractivity contribution in [3.05, 3.63) is 73.8 Å². The Morgan fingerprint density at radius 2 is 1.32 bits per heavy atom. The van der Waals surface area contributed by atoms with Crippen LogP contribution in [-0.4, -0.2) is 46.1 Å². The van der Waals surface area contributed by atoms with E-state index in [1.165, 1.54) is 18.2 Å². The maximum absolute atomic E-state index is 11.0. The van der Waals surface area contributed by atoms with Gasteiger partial charge in [0.2, 0.25) is 11.8 Å². The number of para-hydroxylation sites is 1. The minimum atomic E-state index is -1.60. The molecule has 2 amide bonds. The highest BCUT2D eigenvalue weighted by atomic mass is 16.4. The van der Waals surface area contributed by atoms with Crippen molar-refractivity contribution in [3.8, 4) is 0 Å². The van der Waals surface area contributed by atoms with Crippen LogP contribution in [0.1, 0.15) is 0 Å². The predicted molar refractivity (Wildman–Crippen MR) is 110 cm³/mol.